The van der Waals surface area contributed by atoms with Crippen molar-refractivity contribution in [1.29, 1.82) is 0 Å². The van der Waals surface area contributed by atoms with Gasteiger partial charge in [-0.1, -0.05) is 18.2 Å². The molecule has 2 N–H and O–H groups in total. The van der Waals surface area contributed by atoms with Crippen LogP contribution in [0.15, 0.2) is 39.5 Å². The number of amides is 1. The molecule has 144 valence electrons. The number of hydrazone groups is 1. The van der Waals surface area contributed by atoms with Crippen LogP contribution in [0.2, 0.25) is 0 Å². The zero-order chi connectivity index (χ0) is 20.3. The molecular weight excluding hydrogens is 376 g/mol. The molecule has 3 aromatic rings. The van der Waals surface area contributed by atoms with Crippen molar-refractivity contribution in [3.8, 4) is 0 Å². The third kappa shape index (κ3) is 4.32. The van der Waals surface area contributed by atoms with Gasteiger partial charge in [-0.2, -0.15) is 5.10 Å². The highest BCUT2D eigenvalue weighted by atomic mass is 32.1. The van der Waals surface area contributed by atoms with Crippen molar-refractivity contribution in [2.45, 2.75) is 27.7 Å². The fourth-order valence-corrected chi connectivity index (χ4v) is 3.60. The molecule has 2 heterocycles. The Balaban J connectivity index is 1.83. The van der Waals surface area contributed by atoms with Gasteiger partial charge in [0.25, 0.3) is 5.56 Å². The van der Waals surface area contributed by atoms with E-state index in [9.17, 15) is 9.59 Å². The molecule has 0 unspecified atom stereocenters. The predicted octanol–water partition coefficient (Wildman–Crippen LogP) is 3.28. The van der Waals surface area contributed by atoms with Crippen molar-refractivity contribution in [3.63, 3.8) is 0 Å². The number of thiazole rings is 1. The minimum Gasteiger partial charge on any atom is -0.291 e. The number of benzene rings is 1. The van der Waals surface area contributed by atoms with E-state index in [1.54, 1.807) is 17.2 Å². The Morgan fingerprint density at radius 2 is 1.96 bits per heavy atom. The molecule has 0 saturated heterocycles. The van der Waals surface area contributed by atoms with E-state index >= 15 is 0 Å². The van der Waals surface area contributed by atoms with E-state index in [1.807, 2.05) is 32.0 Å². The summed E-state index contributed by atoms with van der Waals surface area (Å²) in [5.74, 6) is 0.132. The molecule has 9 heteroatoms. The number of aromatic amines is 1. The van der Waals surface area contributed by atoms with E-state index < -0.39 is 0 Å². The van der Waals surface area contributed by atoms with Gasteiger partial charge in [-0.25, -0.2) is 15.4 Å². The average Bonchev–Trinajstić information content (AvgIpc) is 3.05. The van der Waals surface area contributed by atoms with Gasteiger partial charge in [0.1, 0.15) is 0 Å². The standard InChI is InChI=1S/C19H20N6O2S/c1-11-6-5-7-12(2)17(11)25(14(4)26)19-22-15(10-28-19)9-20-24-18-21-13(3)8-16(27)23-18/h5-10H,1-4H3,(H2,21,23,24,27)/b20-9-. The van der Waals surface area contributed by atoms with Gasteiger partial charge in [-0.15, -0.1) is 11.3 Å². The topological polar surface area (TPSA) is 103 Å². The molecule has 2 aromatic heterocycles. The first kappa shape index (κ1) is 19.4. The monoisotopic (exact) mass is 396 g/mol. The van der Waals surface area contributed by atoms with Gasteiger partial charge < -0.3 is 0 Å². The number of para-hydroxylation sites is 1. The van der Waals surface area contributed by atoms with E-state index in [-0.39, 0.29) is 17.4 Å². The molecule has 3 rings (SSSR count). The summed E-state index contributed by atoms with van der Waals surface area (Å²) in [7, 11) is 0. The summed E-state index contributed by atoms with van der Waals surface area (Å²) >= 11 is 1.35. The SMILES string of the molecule is CC(=O)N(c1nc(/C=N\Nc2nc(C)cc(=O)[nH]2)cs1)c1c(C)cccc1C. The molecule has 0 saturated carbocycles. The summed E-state index contributed by atoms with van der Waals surface area (Å²) in [5.41, 5.74) is 6.42. The lowest BCUT2D eigenvalue weighted by atomic mass is 10.1. The van der Waals surface area contributed by atoms with Crippen LogP contribution in [0.4, 0.5) is 16.8 Å². The maximum atomic E-state index is 12.3. The van der Waals surface area contributed by atoms with Crippen LogP contribution in [-0.4, -0.2) is 27.1 Å². The van der Waals surface area contributed by atoms with Crippen LogP contribution in [0.1, 0.15) is 29.4 Å². The van der Waals surface area contributed by atoms with Crippen molar-refractivity contribution >= 4 is 40.2 Å². The summed E-state index contributed by atoms with van der Waals surface area (Å²) in [4.78, 5) is 36.6. The number of carbonyl (C=O) groups excluding carboxylic acids is 1. The first-order chi connectivity index (χ1) is 13.3. The molecule has 8 nitrogen and oxygen atoms in total. The van der Waals surface area contributed by atoms with E-state index in [0.29, 0.717) is 16.5 Å². The van der Waals surface area contributed by atoms with E-state index in [2.05, 4.69) is 25.5 Å². The number of hydrogen-bond acceptors (Lipinski definition) is 7. The lowest BCUT2D eigenvalue weighted by Crippen LogP contribution is -2.24. The number of nitrogens with zero attached hydrogens (tertiary/aromatic N) is 4. The van der Waals surface area contributed by atoms with Gasteiger partial charge >= 0.3 is 0 Å². The highest BCUT2D eigenvalue weighted by molar-refractivity contribution is 7.14. The summed E-state index contributed by atoms with van der Waals surface area (Å²) in [6.07, 6.45) is 1.51. The van der Waals surface area contributed by atoms with Gasteiger partial charge in [0, 0.05) is 24.1 Å². The predicted molar refractivity (Wildman–Crippen MR) is 112 cm³/mol. The number of aromatic nitrogens is 3. The Hall–Kier alpha value is -3.33. The minimum atomic E-state index is -0.258. The fourth-order valence-electron chi connectivity index (χ4n) is 2.78. The number of nitrogens with one attached hydrogen (secondary N) is 2. The van der Waals surface area contributed by atoms with Crippen LogP contribution < -0.4 is 15.9 Å². The summed E-state index contributed by atoms with van der Waals surface area (Å²) in [5, 5.41) is 6.42. The molecule has 0 spiro atoms. The third-order valence-corrected chi connectivity index (χ3v) is 4.76. The van der Waals surface area contributed by atoms with Gasteiger partial charge in [0.05, 0.1) is 17.6 Å². The second-order valence-electron chi connectivity index (χ2n) is 6.26. The van der Waals surface area contributed by atoms with Crippen molar-refractivity contribution < 1.29 is 4.79 Å². The lowest BCUT2D eigenvalue weighted by Gasteiger charge is -2.22. The third-order valence-electron chi connectivity index (χ3n) is 3.92. The number of H-pyrrole nitrogens is 1. The summed E-state index contributed by atoms with van der Waals surface area (Å²) in [6, 6.07) is 7.29. The number of anilines is 3. The second kappa shape index (κ2) is 8.13. The Morgan fingerprint density at radius 1 is 1.25 bits per heavy atom. The molecule has 1 amide bonds. The van der Waals surface area contributed by atoms with Gasteiger partial charge in [-0.05, 0) is 31.9 Å². The quantitative estimate of drug-likeness (QED) is 0.509. The average molecular weight is 396 g/mol. The maximum Gasteiger partial charge on any atom is 0.252 e. The largest absolute Gasteiger partial charge is 0.291 e. The fraction of sp³-hybridized carbons (Fsp3) is 0.211. The molecule has 0 bridgehead atoms. The minimum absolute atomic E-state index is 0.116. The van der Waals surface area contributed by atoms with Crippen LogP contribution in [0, 0.1) is 20.8 Å². The van der Waals surface area contributed by atoms with E-state index in [0.717, 1.165) is 16.8 Å². The van der Waals surface area contributed by atoms with Crippen LogP contribution in [0.3, 0.4) is 0 Å². The molecule has 0 aliphatic rings. The van der Waals surface area contributed by atoms with Crippen LogP contribution in [0.5, 0.6) is 0 Å². The highest BCUT2D eigenvalue weighted by Gasteiger charge is 2.21. The van der Waals surface area contributed by atoms with Crippen molar-refractivity contribution in [3.05, 3.63) is 62.5 Å². The Labute approximate surface area is 166 Å². The molecule has 28 heavy (non-hydrogen) atoms. The zero-order valence-corrected chi connectivity index (χ0v) is 16.8. The van der Waals surface area contributed by atoms with Crippen LogP contribution in [0.25, 0.3) is 0 Å². The molecule has 0 fully saturated rings. The first-order valence-electron chi connectivity index (χ1n) is 8.54. The molecule has 0 aliphatic heterocycles. The Kier molecular flexibility index (Phi) is 5.65. The van der Waals surface area contributed by atoms with Crippen molar-refractivity contribution in [2.24, 2.45) is 5.10 Å². The number of hydrogen-bond donors (Lipinski definition) is 2. The molecule has 0 aliphatic carbocycles. The van der Waals surface area contributed by atoms with E-state index in [1.165, 1.54) is 30.5 Å². The molecule has 0 radical (unpaired) electrons. The molecular formula is C19H20N6O2S. The summed E-state index contributed by atoms with van der Waals surface area (Å²) < 4.78 is 0. The second-order valence-corrected chi connectivity index (χ2v) is 7.09. The van der Waals surface area contributed by atoms with Crippen LogP contribution >= 0.6 is 11.3 Å². The highest BCUT2D eigenvalue weighted by Crippen LogP contribution is 2.33. The maximum absolute atomic E-state index is 12.3. The zero-order valence-electron chi connectivity index (χ0n) is 16.0. The smallest absolute Gasteiger partial charge is 0.252 e. The van der Waals surface area contributed by atoms with E-state index in [4.69, 9.17) is 0 Å². The Morgan fingerprint density at radius 3 is 2.61 bits per heavy atom. The van der Waals surface area contributed by atoms with Crippen molar-refractivity contribution in [1.82, 2.24) is 15.0 Å². The number of rotatable bonds is 5. The summed E-state index contributed by atoms with van der Waals surface area (Å²) in [6.45, 7) is 7.17. The number of carbonyl (C=O) groups is 1. The van der Waals surface area contributed by atoms with Gasteiger partial charge in [0.15, 0.2) is 5.13 Å². The first-order valence-corrected chi connectivity index (χ1v) is 9.42. The molecule has 1 aromatic carbocycles. The molecule has 0 atom stereocenters. The number of aryl methyl sites for hydroxylation is 3. The van der Waals surface area contributed by atoms with Gasteiger partial charge in [0.2, 0.25) is 11.9 Å². The Bertz CT molecular complexity index is 1080. The van der Waals surface area contributed by atoms with Crippen molar-refractivity contribution in [2.75, 3.05) is 10.3 Å². The normalized spacial score (nSPS) is 11.0. The lowest BCUT2D eigenvalue weighted by molar-refractivity contribution is -0.115. The van der Waals surface area contributed by atoms with Gasteiger partial charge in [-0.3, -0.25) is 19.5 Å². The van der Waals surface area contributed by atoms with Crippen LogP contribution in [-0.2, 0) is 4.79 Å².